The fraction of sp³-hybridized carbons (Fsp3) is 0.158. The van der Waals surface area contributed by atoms with Gasteiger partial charge >= 0.3 is 0 Å². The van der Waals surface area contributed by atoms with Crippen LogP contribution in [-0.2, 0) is 13.0 Å². The minimum absolute atomic E-state index is 0.136. The number of amides is 1. The Morgan fingerprint density at radius 1 is 1.04 bits per heavy atom. The van der Waals surface area contributed by atoms with E-state index in [2.05, 4.69) is 10.4 Å². The van der Waals surface area contributed by atoms with E-state index in [1.54, 1.807) is 12.1 Å². The van der Waals surface area contributed by atoms with Crippen LogP contribution in [0.2, 0.25) is 0 Å². The molecule has 1 amide bonds. The smallest absolute Gasteiger partial charge is 0.256 e. The third-order valence-corrected chi connectivity index (χ3v) is 4.03. The fourth-order valence-electron chi connectivity index (χ4n) is 2.52. The van der Waals surface area contributed by atoms with Gasteiger partial charge in [-0.15, -0.1) is 0 Å². The highest BCUT2D eigenvalue weighted by molar-refractivity contribution is 6.03. The Hall–Kier alpha value is -3.16. The molecule has 1 N–H and O–H groups in total. The number of carbonyl (C=O) groups excluding carboxylic acids is 1. The molecule has 0 saturated heterocycles. The Balaban J connectivity index is 1.74. The molecule has 4 nitrogen and oxygen atoms in total. The maximum atomic E-state index is 13.7. The Labute approximate surface area is 152 Å². The summed E-state index contributed by atoms with van der Waals surface area (Å²) in [6, 6.07) is 8.56. The van der Waals surface area contributed by atoms with E-state index in [-0.39, 0.29) is 11.9 Å². The van der Waals surface area contributed by atoms with E-state index in [1.165, 1.54) is 12.3 Å². The number of hydrogen-bond donors (Lipinski definition) is 1. The third-order valence-electron chi connectivity index (χ3n) is 4.03. The number of nitrogens with one attached hydrogen (secondary N) is 1. The number of hydrogen-bond acceptors (Lipinski definition) is 2. The molecule has 0 spiro atoms. The van der Waals surface area contributed by atoms with E-state index >= 15 is 0 Å². The molecule has 27 heavy (non-hydrogen) atoms. The number of aromatic nitrogens is 2. The summed E-state index contributed by atoms with van der Waals surface area (Å²) < 4.78 is 55.1. The highest BCUT2D eigenvalue weighted by Crippen LogP contribution is 2.20. The zero-order valence-electron chi connectivity index (χ0n) is 14.3. The first-order valence-electron chi connectivity index (χ1n) is 8.14. The molecule has 0 aliphatic carbocycles. The van der Waals surface area contributed by atoms with Crippen molar-refractivity contribution in [3.05, 3.63) is 82.6 Å². The largest absolute Gasteiger partial charge is 0.305 e. The standard InChI is InChI=1S/C19H15F4N3O/c1-2-11-3-5-12(6-4-11)19(27)24-16-7-8-26(25-16)10-13-17(22)14(20)9-15(21)18(13)23/h3-9H,2,10H2,1H3,(H,24,25,27). The maximum Gasteiger partial charge on any atom is 0.256 e. The molecular formula is C19H15F4N3O. The Kier molecular flexibility index (Phi) is 5.25. The molecule has 0 aliphatic rings. The van der Waals surface area contributed by atoms with Crippen molar-refractivity contribution in [1.82, 2.24) is 9.78 Å². The van der Waals surface area contributed by atoms with Crippen molar-refractivity contribution < 1.29 is 22.4 Å². The van der Waals surface area contributed by atoms with Crippen molar-refractivity contribution in [2.75, 3.05) is 5.32 Å². The van der Waals surface area contributed by atoms with Gasteiger partial charge < -0.3 is 5.32 Å². The number of rotatable bonds is 5. The van der Waals surface area contributed by atoms with Crippen LogP contribution < -0.4 is 5.32 Å². The average molecular weight is 377 g/mol. The summed E-state index contributed by atoms with van der Waals surface area (Å²) in [6.45, 7) is 1.46. The van der Waals surface area contributed by atoms with E-state index in [0.717, 1.165) is 16.7 Å². The zero-order valence-corrected chi connectivity index (χ0v) is 14.3. The first-order valence-corrected chi connectivity index (χ1v) is 8.14. The zero-order chi connectivity index (χ0) is 19.6. The van der Waals surface area contributed by atoms with Gasteiger partial charge in [0.15, 0.2) is 29.1 Å². The normalized spacial score (nSPS) is 10.9. The molecule has 0 fully saturated rings. The van der Waals surface area contributed by atoms with Crippen LogP contribution in [0.1, 0.15) is 28.4 Å². The molecule has 140 valence electrons. The SMILES string of the molecule is CCc1ccc(C(=O)Nc2ccn(Cc3c(F)c(F)cc(F)c3F)n2)cc1. The van der Waals surface area contributed by atoms with Crippen LogP contribution in [0.15, 0.2) is 42.6 Å². The lowest BCUT2D eigenvalue weighted by Crippen LogP contribution is -2.13. The number of benzene rings is 2. The van der Waals surface area contributed by atoms with E-state index in [4.69, 9.17) is 0 Å². The first kappa shape index (κ1) is 18.6. The quantitative estimate of drug-likeness (QED) is 0.532. The van der Waals surface area contributed by atoms with Crippen LogP contribution in [0, 0.1) is 23.3 Å². The Morgan fingerprint density at radius 2 is 1.67 bits per heavy atom. The summed E-state index contributed by atoms with van der Waals surface area (Å²) in [5, 5.41) is 6.50. The van der Waals surface area contributed by atoms with Gasteiger partial charge in [-0.2, -0.15) is 5.10 Å². The van der Waals surface area contributed by atoms with Crippen molar-refractivity contribution in [3.8, 4) is 0 Å². The second-order valence-electron chi connectivity index (χ2n) is 5.85. The molecule has 8 heteroatoms. The molecule has 0 saturated carbocycles. The van der Waals surface area contributed by atoms with Gasteiger partial charge in [-0.1, -0.05) is 19.1 Å². The summed E-state index contributed by atoms with van der Waals surface area (Å²) >= 11 is 0. The van der Waals surface area contributed by atoms with Gasteiger partial charge in [-0.05, 0) is 24.1 Å². The average Bonchev–Trinajstić information content (AvgIpc) is 3.10. The van der Waals surface area contributed by atoms with Gasteiger partial charge in [0.25, 0.3) is 5.91 Å². The molecule has 0 unspecified atom stereocenters. The van der Waals surface area contributed by atoms with Crippen molar-refractivity contribution in [1.29, 1.82) is 0 Å². The number of nitrogens with zero attached hydrogens (tertiary/aromatic N) is 2. The summed E-state index contributed by atoms with van der Waals surface area (Å²) in [5.74, 6) is -6.20. The summed E-state index contributed by atoms with van der Waals surface area (Å²) in [6.07, 6.45) is 2.18. The van der Waals surface area contributed by atoms with Crippen LogP contribution in [-0.4, -0.2) is 15.7 Å². The number of aryl methyl sites for hydroxylation is 1. The number of halogens is 4. The fourth-order valence-corrected chi connectivity index (χ4v) is 2.52. The minimum Gasteiger partial charge on any atom is -0.305 e. The molecular weight excluding hydrogens is 362 g/mol. The molecule has 0 aliphatic heterocycles. The molecule has 3 rings (SSSR count). The lowest BCUT2D eigenvalue weighted by molar-refractivity contribution is 0.102. The first-order chi connectivity index (χ1) is 12.9. The molecule has 2 aromatic carbocycles. The minimum atomic E-state index is -1.49. The monoisotopic (exact) mass is 377 g/mol. The lowest BCUT2D eigenvalue weighted by atomic mass is 10.1. The highest BCUT2D eigenvalue weighted by atomic mass is 19.2. The van der Waals surface area contributed by atoms with Gasteiger partial charge in [-0.25, -0.2) is 17.6 Å². The molecule has 0 radical (unpaired) electrons. The van der Waals surface area contributed by atoms with Crippen molar-refractivity contribution in [3.63, 3.8) is 0 Å². The van der Waals surface area contributed by atoms with Crippen molar-refractivity contribution in [2.24, 2.45) is 0 Å². The van der Waals surface area contributed by atoms with Crippen LogP contribution in [0.5, 0.6) is 0 Å². The lowest BCUT2D eigenvalue weighted by Gasteiger charge is -2.07. The Bertz CT molecular complexity index is 957. The summed E-state index contributed by atoms with van der Waals surface area (Å²) in [7, 11) is 0. The van der Waals surface area contributed by atoms with Crippen molar-refractivity contribution in [2.45, 2.75) is 19.9 Å². The van der Waals surface area contributed by atoms with Crippen LogP contribution in [0.4, 0.5) is 23.4 Å². The van der Waals surface area contributed by atoms with E-state index in [0.29, 0.717) is 5.56 Å². The predicted molar refractivity (Wildman–Crippen MR) is 91.4 cm³/mol. The van der Waals surface area contributed by atoms with Gasteiger partial charge in [-0.3, -0.25) is 9.48 Å². The van der Waals surface area contributed by atoms with Gasteiger partial charge in [0.1, 0.15) is 0 Å². The molecule has 0 atom stereocenters. The highest BCUT2D eigenvalue weighted by Gasteiger charge is 2.19. The second-order valence-corrected chi connectivity index (χ2v) is 5.85. The summed E-state index contributed by atoms with van der Waals surface area (Å²) in [5.41, 5.74) is 0.719. The molecule has 0 bridgehead atoms. The topological polar surface area (TPSA) is 46.9 Å². The Morgan fingerprint density at radius 3 is 2.26 bits per heavy atom. The molecule has 3 aromatic rings. The number of anilines is 1. The predicted octanol–water partition coefficient (Wildman–Crippen LogP) is 4.30. The second kappa shape index (κ2) is 7.61. The van der Waals surface area contributed by atoms with Crippen molar-refractivity contribution >= 4 is 11.7 Å². The third kappa shape index (κ3) is 3.99. The van der Waals surface area contributed by atoms with Crippen LogP contribution in [0.25, 0.3) is 0 Å². The van der Waals surface area contributed by atoms with Gasteiger partial charge in [0.2, 0.25) is 0 Å². The van der Waals surface area contributed by atoms with Gasteiger partial charge in [0.05, 0.1) is 12.1 Å². The maximum absolute atomic E-state index is 13.7. The van der Waals surface area contributed by atoms with Crippen LogP contribution in [0.3, 0.4) is 0 Å². The van der Waals surface area contributed by atoms with E-state index in [9.17, 15) is 22.4 Å². The van der Waals surface area contributed by atoms with Gasteiger partial charge in [0, 0.05) is 23.9 Å². The number of carbonyl (C=O) groups is 1. The van der Waals surface area contributed by atoms with Crippen LogP contribution >= 0.6 is 0 Å². The molecule has 1 heterocycles. The van der Waals surface area contributed by atoms with E-state index in [1.807, 2.05) is 19.1 Å². The molecule has 1 aromatic heterocycles. The van der Waals surface area contributed by atoms with E-state index < -0.39 is 41.3 Å². The summed E-state index contributed by atoms with van der Waals surface area (Å²) in [4.78, 5) is 12.2.